The van der Waals surface area contributed by atoms with E-state index in [0.29, 0.717) is 17.9 Å². The van der Waals surface area contributed by atoms with Gasteiger partial charge in [0.25, 0.3) is 5.69 Å². The second-order valence-corrected chi connectivity index (χ2v) is 5.43. The normalized spacial score (nSPS) is 28.5. The zero-order chi connectivity index (χ0) is 12.8. The number of hydrogen-bond donors (Lipinski definition) is 0. The highest BCUT2D eigenvalue weighted by Crippen LogP contribution is 2.63. The molecule has 0 bridgehead atoms. The van der Waals surface area contributed by atoms with Crippen LogP contribution >= 0.6 is 0 Å². The van der Waals surface area contributed by atoms with Crippen LogP contribution in [0.4, 0.5) is 5.69 Å². The van der Waals surface area contributed by atoms with Crippen LogP contribution in [0.3, 0.4) is 0 Å². The molecule has 2 aliphatic rings. The van der Waals surface area contributed by atoms with Crippen molar-refractivity contribution in [3.05, 3.63) is 51.8 Å². The number of benzene rings is 1. The molecule has 3 rings (SSSR count). The zero-order valence-electron chi connectivity index (χ0n) is 10.3. The smallest absolute Gasteiger partial charge is 0.269 e. The number of ether oxygens (including phenoxy) is 1. The Morgan fingerprint density at radius 2 is 2.17 bits per heavy atom. The van der Waals surface area contributed by atoms with E-state index in [1.807, 2.05) is 0 Å². The third-order valence-corrected chi connectivity index (χ3v) is 4.02. The average Bonchev–Trinajstić information content (AvgIpc) is 2.93. The van der Waals surface area contributed by atoms with E-state index in [1.165, 1.54) is 18.6 Å². The van der Waals surface area contributed by atoms with E-state index < -0.39 is 0 Å². The first-order chi connectivity index (χ1) is 8.58. The standard InChI is InChI=1S/C14H15NO3/c1-14-7-6-13(12(14)8-14)18-9-10-2-4-11(5-3-10)15(16)17/h2-6,12H,7-9H2,1H3/t12-,14-/m1/s1. The van der Waals surface area contributed by atoms with Crippen molar-refractivity contribution in [3.63, 3.8) is 0 Å². The fraction of sp³-hybridized carbons (Fsp3) is 0.429. The van der Waals surface area contributed by atoms with Crippen molar-refractivity contribution >= 4 is 5.69 Å². The van der Waals surface area contributed by atoms with Gasteiger partial charge in [-0.3, -0.25) is 10.1 Å². The van der Waals surface area contributed by atoms with Gasteiger partial charge in [-0.25, -0.2) is 0 Å². The molecular formula is C14H15NO3. The van der Waals surface area contributed by atoms with Gasteiger partial charge in [0.1, 0.15) is 6.61 Å². The van der Waals surface area contributed by atoms with Crippen LogP contribution in [0.5, 0.6) is 0 Å². The SMILES string of the molecule is C[C@]12CC=C(OCc3ccc([N+](=O)[O-])cc3)[C@H]1C2. The molecule has 0 amide bonds. The highest BCUT2D eigenvalue weighted by Gasteiger charge is 2.55. The van der Waals surface area contributed by atoms with E-state index >= 15 is 0 Å². The first-order valence-electron chi connectivity index (χ1n) is 6.15. The van der Waals surface area contributed by atoms with E-state index in [0.717, 1.165) is 17.7 Å². The third-order valence-electron chi connectivity index (χ3n) is 4.02. The molecule has 1 aromatic rings. The van der Waals surface area contributed by atoms with Gasteiger partial charge in [0.05, 0.1) is 10.7 Å². The van der Waals surface area contributed by atoms with Crippen molar-refractivity contribution in [3.8, 4) is 0 Å². The minimum Gasteiger partial charge on any atom is -0.493 e. The Balaban J connectivity index is 1.59. The van der Waals surface area contributed by atoms with Crippen molar-refractivity contribution in [2.75, 3.05) is 0 Å². The van der Waals surface area contributed by atoms with Gasteiger partial charge in [0, 0.05) is 18.1 Å². The fourth-order valence-electron chi connectivity index (χ4n) is 2.59. The number of fused-ring (bicyclic) bond motifs is 1. The lowest BCUT2D eigenvalue weighted by Crippen LogP contribution is -1.96. The molecule has 4 heteroatoms. The second-order valence-electron chi connectivity index (χ2n) is 5.43. The van der Waals surface area contributed by atoms with Gasteiger partial charge in [-0.1, -0.05) is 6.92 Å². The number of nitrogens with zero attached hydrogens (tertiary/aromatic N) is 1. The van der Waals surface area contributed by atoms with Crippen LogP contribution in [0.15, 0.2) is 36.1 Å². The predicted octanol–water partition coefficient (Wildman–Crippen LogP) is 3.43. The highest BCUT2D eigenvalue weighted by atomic mass is 16.6. The molecule has 0 aliphatic heterocycles. The summed E-state index contributed by atoms with van der Waals surface area (Å²) in [6.07, 6.45) is 4.53. The Bertz CT molecular complexity index is 520. The second kappa shape index (κ2) is 3.83. The maximum atomic E-state index is 10.5. The van der Waals surface area contributed by atoms with Crippen LogP contribution in [0.25, 0.3) is 0 Å². The summed E-state index contributed by atoms with van der Waals surface area (Å²) in [5, 5.41) is 10.5. The molecule has 0 aromatic heterocycles. The number of hydrogen-bond acceptors (Lipinski definition) is 3. The molecule has 4 nitrogen and oxygen atoms in total. The predicted molar refractivity (Wildman–Crippen MR) is 66.8 cm³/mol. The summed E-state index contributed by atoms with van der Waals surface area (Å²) in [6.45, 7) is 2.78. The summed E-state index contributed by atoms with van der Waals surface area (Å²) in [4.78, 5) is 10.1. The summed E-state index contributed by atoms with van der Waals surface area (Å²) in [5.41, 5.74) is 1.55. The molecule has 2 aliphatic carbocycles. The van der Waals surface area contributed by atoms with E-state index in [9.17, 15) is 10.1 Å². The molecular weight excluding hydrogens is 230 g/mol. The Morgan fingerprint density at radius 1 is 1.44 bits per heavy atom. The lowest BCUT2D eigenvalue weighted by molar-refractivity contribution is -0.384. The first-order valence-corrected chi connectivity index (χ1v) is 6.15. The maximum absolute atomic E-state index is 10.5. The summed E-state index contributed by atoms with van der Waals surface area (Å²) >= 11 is 0. The molecule has 1 aromatic carbocycles. The third kappa shape index (κ3) is 1.88. The number of nitro benzene ring substituents is 1. The van der Waals surface area contributed by atoms with Crippen LogP contribution in [0.1, 0.15) is 25.3 Å². The molecule has 0 saturated heterocycles. The topological polar surface area (TPSA) is 52.4 Å². The van der Waals surface area contributed by atoms with Gasteiger partial charge < -0.3 is 4.74 Å². The minimum atomic E-state index is -0.389. The summed E-state index contributed by atoms with van der Waals surface area (Å²) in [7, 11) is 0. The summed E-state index contributed by atoms with van der Waals surface area (Å²) < 4.78 is 5.80. The van der Waals surface area contributed by atoms with Crippen molar-refractivity contribution in [1.29, 1.82) is 0 Å². The van der Waals surface area contributed by atoms with Crippen molar-refractivity contribution in [2.24, 2.45) is 11.3 Å². The molecule has 0 N–H and O–H groups in total. The summed E-state index contributed by atoms with van der Waals surface area (Å²) in [6, 6.07) is 6.53. The Hall–Kier alpha value is -1.84. The molecule has 0 unspecified atom stereocenters. The van der Waals surface area contributed by atoms with Gasteiger partial charge in [0.15, 0.2) is 0 Å². The molecule has 2 atom stereocenters. The minimum absolute atomic E-state index is 0.119. The lowest BCUT2D eigenvalue weighted by atomic mass is 10.1. The monoisotopic (exact) mass is 245 g/mol. The molecule has 0 heterocycles. The van der Waals surface area contributed by atoms with Crippen LogP contribution in [-0.4, -0.2) is 4.92 Å². The van der Waals surface area contributed by atoms with Crippen molar-refractivity contribution in [2.45, 2.75) is 26.4 Å². The lowest BCUT2D eigenvalue weighted by Gasteiger charge is -2.08. The summed E-state index contributed by atoms with van der Waals surface area (Å²) in [5.74, 6) is 1.71. The van der Waals surface area contributed by atoms with Crippen LogP contribution in [0.2, 0.25) is 0 Å². The molecule has 1 saturated carbocycles. The van der Waals surface area contributed by atoms with Gasteiger partial charge in [0.2, 0.25) is 0 Å². The Kier molecular flexibility index (Phi) is 2.40. The highest BCUT2D eigenvalue weighted by molar-refractivity contribution is 5.33. The molecule has 18 heavy (non-hydrogen) atoms. The van der Waals surface area contributed by atoms with Crippen molar-refractivity contribution in [1.82, 2.24) is 0 Å². The van der Waals surface area contributed by atoms with Gasteiger partial charge >= 0.3 is 0 Å². The molecule has 0 spiro atoms. The number of nitro groups is 1. The van der Waals surface area contributed by atoms with E-state index in [2.05, 4.69) is 13.0 Å². The Labute approximate surface area is 105 Å². The zero-order valence-corrected chi connectivity index (χ0v) is 10.3. The van der Waals surface area contributed by atoms with Crippen LogP contribution < -0.4 is 0 Å². The largest absolute Gasteiger partial charge is 0.493 e. The number of allylic oxidation sites excluding steroid dienone is 2. The first kappa shape index (κ1) is 11.3. The molecule has 94 valence electrons. The fourth-order valence-corrected chi connectivity index (χ4v) is 2.59. The average molecular weight is 245 g/mol. The van der Waals surface area contributed by atoms with Crippen LogP contribution in [0, 0.1) is 21.4 Å². The molecule has 1 fully saturated rings. The number of rotatable bonds is 4. The quantitative estimate of drug-likeness (QED) is 0.603. The van der Waals surface area contributed by atoms with Gasteiger partial charge in [-0.15, -0.1) is 0 Å². The number of non-ortho nitro benzene ring substituents is 1. The van der Waals surface area contributed by atoms with Crippen molar-refractivity contribution < 1.29 is 9.66 Å². The molecule has 0 radical (unpaired) electrons. The van der Waals surface area contributed by atoms with Crippen LogP contribution in [-0.2, 0) is 11.3 Å². The van der Waals surface area contributed by atoms with E-state index in [1.54, 1.807) is 12.1 Å². The van der Waals surface area contributed by atoms with Gasteiger partial charge in [-0.2, -0.15) is 0 Å². The maximum Gasteiger partial charge on any atom is 0.269 e. The Morgan fingerprint density at radius 3 is 2.67 bits per heavy atom. The van der Waals surface area contributed by atoms with E-state index in [-0.39, 0.29) is 10.6 Å². The van der Waals surface area contributed by atoms with E-state index in [4.69, 9.17) is 4.74 Å². The van der Waals surface area contributed by atoms with Gasteiger partial charge in [-0.05, 0) is 42.0 Å².